The lowest BCUT2D eigenvalue weighted by atomic mass is 9.90. The fraction of sp³-hybridized carbons (Fsp3) is 0.474. The van der Waals surface area contributed by atoms with Crippen molar-refractivity contribution in [2.24, 2.45) is 11.8 Å². The lowest BCUT2D eigenvalue weighted by Gasteiger charge is -2.16. The molecule has 0 amide bonds. The third kappa shape index (κ3) is 13.1. The highest BCUT2D eigenvalue weighted by atomic mass is 16.4. The van der Waals surface area contributed by atoms with Crippen LogP contribution in [0.3, 0.4) is 0 Å². The minimum atomic E-state index is -0.801. The number of carbonyl (C=O) groups excluding carboxylic acids is 1. The standard InChI is InChI=1S/C20H32O5.C18H20O2/c1-2-3-6-9-15(21)12-13-17-16(18(22)14-19(17)23)10-7-4-5-8-11-20(24)25;1-3-17(13-5-9-15(19)10-6-13)18(4-2)14-7-11-16(20)12-8-14/h4,7,12-13,15-17,19,21,23H,2-3,5-6,8-11,14H2,1H3,(H,24,25);5-12,19-20H,3-4H2,1-2H3/b7-4-,13-12+;18-17+/t15-,16+,17+,19+;/m0./s1. The molecule has 1 aliphatic rings. The van der Waals surface area contributed by atoms with Crippen molar-refractivity contribution in [3.63, 3.8) is 0 Å². The minimum Gasteiger partial charge on any atom is -0.508 e. The first-order chi connectivity index (χ1) is 21.6. The Morgan fingerprint density at radius 3 is 1.91 bits per heavy atom. The molecule has 0 heterocycles. The number of aliphatic carboxylic acids is 1. The third-order valence-electron chi connectivity index (χ3n) is 8.21. The molecule has 1 saturated carbocycles. The van der Waals surface area contributed by atoms with Gasteiger partial charge >= 0.3 is 5.97 Å². The van der Waals surface area contributed by atoms with E-state index in [0.29, 0.717) is 25.7 Å². The normalized spacial score (nSPS) is 19.4. The SMILES string of the molecule is CC/C(=C(/CC)c1ccc(O)cc1)c1ccc(O)cc1.CCCCC[C@H](O)/C=C/[C@H]1[C@H](O)CC(=O)[C@@H]1C/C=C\CCCC(=O)O. The number of phenols is 2. The van der Waals surface area contributed by atoms with Crippen molar-refractivity contribution in [3.05, 3.63) is 84.0 Å². The van der Waals surface area contributed by atoms with Gasteiger partial charge in [0.15, 0.2) is 0 Å². The van der Waals surface area contributed by atoms with Crippen LogP contribution in [0.15, 0.2) is 72.8 Å². The van der Waals surface area contributed by atoms with Crippen LogP contribution in [0.5, 0.6) is 11.5 Å². The number of Topliss-reactive ketones (excluding diaryl/α,β-unsaturated/α-hetero) is 1. The van der Waals surface area contributed by atoms with Gasteiger partial charge in [-0.3, -0.25) is 9.59 Å². The molecule has 1 fully saturated rings. The predicted octanol–water partition coefficient (Wildman–Crippen LogP) is 8.08. The highest BCUT2D eigenvalue weighted by Crippen LogP contribution is 2.34. The van der Waals surface area contributed by atoms with Gasteiger partial charge in [0.05, 0.1) is 12.2 Å². The molecule has 7 nitrogen and oxygen atoms in total. The summed E-state index contributed by atoms with van der Waals surface area (Å²) in [6.45, 7) is 6.39. The van der Waals surface area contributed by atoms with Crippen molar-refractivity contribution < 1.29 is 35.1 Å². The number of aromatic hydroxyl groups is 2. The second-order valence-electron chi connectivity index (χ2n) is 11.6. The lowest BCUT2D eigenvalue weighted by Crippen LogP contribution is -2.18. The van der Waals surface area contributed by atoms with Crippen LogP contribution >= 0.6 is 0 Å². The number of rotatable bonds is 16. The molecular weight excluding hydrogens is 568 g/mol. The Hall–Kier alpha value is -3.68. The van der Waals surface area contributed by atoms with Crippen LogP contribution in [0.25, 0.3) is 11.1 Å². The highest BCUT2D eigenvalue weighted by Gasteiger charge is 2.39. The molecule has 3 rings (SSSR count). The fourth-order valence-electron chi connectivity index (χ4n) is 5.72. The van der Waals surface area contributed by atoms with Crippen molar-refractivity contribution in [2.45, 2.75) is 104 Å². The van der Waals surface area contributed by atoms with Crippen LogP contribution in [-0.2, 0) is 9.59 Å². The summed E-state index contributed by atoms with van der Waals surface area (Å²) < 4.78 is 0. The monoisotopic (exact) mass is 620 g/mol. The highest BCUT2D eigenvalue weighted by molar-refractivity contribution is 5.90. The van der Waals surface area contributed by atoms with Gasteiger partial charge in [0.25, 0.3) is 0 Å². The number of aliphatic hydroxyl groups excluding tert-OH is 2. The molecule has 2 aromatic carbocycles. The minimum absolute atomic E-state index is 0.0535. The van der Waals surface area contributed by atoms with Crippen LogP contribution in [0.1, 0.15) is 103 Å². The number of carboxylic acids is 1. The molecule has 2 aromatic rings. The summed E-state index contributed by atoms with van der Waals surface area (Å²) in [5, 5.41) is 47.5. The van der Waals surface area contributed by atoms with Gasteiger partial charge in [0.2, 0.25) is 0 Å². The number of unbranched alkanes of at least 4 members (excludes halogenated alkanes) is 3. The fourth-order valence-corrected chi connectivity index (χ4v) is 5.72. The summed E-state index contributed by atoms with van der Waals surface area (Å²) in [5.74, 6) is -0.691. The van der Waals surface area contributed by atoms with Gasteiger partial charge in [-0.05, 0) is 85.1 Å². The van der Waals surface area contributed by atoms with Crippen molar-refractivity contribution in [3.8, 4) is 11.5 Å². The quantitative estimate of drug-likeness (QED) is 0.0727. The second-order valence-corrected chi connectivity index (χ2v) is 11.6. The number of carbonyl (C=O) groups is 2. The van der Waals surface area contributed by atoms with Crippen LogP contribution in [-0.4, -0.2) is 49.5 Å². The molecule has 1 aliphatic carbocycles. The molecule has 4 atom stereocenters. The van der Waals surface area contributed by atoms with Crippen LogP contribution in [0, 0.1) is 11.8 Å². The zero-order valence-corrected chi connectivity index (χ0v) is 27.1. The molecule has 0 radical (unpaired) electrons. The number of hydrogen-bond donors (Lipinski definition) is 5. The molecule has 0 aromatic heterocycles. The number of hydrogen-bond acceptors (Lipinski definition) is 6. The molecule has 246 valence electrons. The van der Waals surface area contributed by atoms with Crippen LogP contribution < -0.4 is 0 Å². The maximum absolute atomic E-state index is 12.1. The number of allylic oxidation sites excluding steroid dienone is 4. The van der Waals surface area contributed by atoms with E-state index in [1.807, 2.05) is 36.4 Å². The Balaban J connectivity index is 0.000000320. The zero-order chi connectivity index (χ0) is 33.2. The van der Waals surface area contributed by atoms with Crippen LogP contribution in [0.4, 0.5) is 0 Å². The van der Waals surface area contributed by atoms with Crippen LogP contribution in [0.2, 0.25) is 0 Å². The summed E-state index contributed by atoms with van der Waals surface area (Å²) >= 11 is 0. The van der Waals surface area contributed by atoms with E-state index in [4.69, 9.17) is 5.11 Å². The van der Waals surface area contributed by atoms with Crippen molar-refractivity contribution in [1.29, 1.82) is 0 Å². The Bertz CT molecular complexity index is 1200. The first kappa shape index (κ1) is 37.5. The summed E-state index contributed by atoms with van der Waals surface area (Å²) in [6.07, 6.45) is 13.9. The summed E-state index contributed by atoms with van der Waals surface area (Å²) in [6, 6.07) is 14.7. The molecule has 45 heavy (non-hydrogen) atoms. The van der Waals surface area contributed by atoms with Gasteiger partial charge in [0, 0.05) is 24.7 Å². The third-order valence-corrected chi connectivity index (χ3v) is 8.21. The van der Waals surface area contributed by atoms with E-state index in [9.17, 15) is 30.0 Å². The van der Waals surface area contributed by atoms with E-state index in [0.717, 1.165) is 43.2 Å². The number of carboxylic acid groups (broad SMARTS) is 1. The Kier molecular flexibility index (Phi) is 17.0. The summed E-state index contributed by atoms with van der Waals surface area (Å²) in [5.41, 5.74) is 4.82. The number of ketones is 1. The lowest BCUT2D eigenvalue weighted by molar-refractivity contribution is -0.137. The van der Waals surface area contributed by atoms with E-state index in [-0.39, 0.29) is 42.0 Å². The number of phenolic OH excluding ortho intramolecular Hbond substituents is 2. The molecule has 0 unspecified atom stereocenters. The molecule has 0 spiro atoms. The summed E-state index contributed by atoms with van der Waals surface area (Å²) in [7, 11) is 0. The smallest absolute Gasteiger partial charge is 0.303 e. The molecule has 5 N–H and O–H groups in total. The first-order valence-electron chi connectivity index (χ1n) is 16.4. The van der Waals surface area contributed by atoms with Gasteiger partial charge in [-0.2, -0.15) is 0 Å². The largest absolute Gasteiger partial charge is 0.508 e. The van der Waals surface area contributed by atoms with E-state index in [2.05, 4.69) is 20.8 Å². The average Bonchev–Trinajstić information content (AvgIpc) is 3.29. The zero-order valence-electron chi connectivity index (χ0n) is 27.1. The van der Waals surface area contributed by atoms with Gasteiger partial charge in [-0.25, -0.2) is 0 Å². The topological polar surface area (TPSA) is 135 Å². The first-order valence-corrected chi connectivity index (χ1v) is 16.4. The van der Waals surface area contributed by atoms with Gasteiger partial charge < -0.3 is 25.5 Å². The number of benzene rings is 2. The van der Waals surface area contributed by atoms with Crippen molar-refractivity contribution >= 4 is 22.9 Å². The Morgan fingerprint density at radius 1 is 0.867 bits per heavy atom. The Labute approximate surface area is 268 Å². The van der Waals surface area contributed by atoms with Crippen molar-refractivity contribution in [1.82, 2.24) is 0 Å². The molecule has 0 bridgehead atoms. The molecule has 0 aliphatic heterocycles. The molecular formula is C38H52O7. The van der Waals surface area contributed by atoms with Gasteiger partial charge in [-0.1, -0.05) is 88.6 Å². The van der Waals surface area contributed by atoms with E-state index in [1.165, 1.54) is 11.1 Å². The maximum atomic E-state index is 12.1. The summed E-state index contributed by atoms with van der Waals surface area (Å²) in [4.78, 5) is 22.5. The van der Waals surface area contributed by atoms with Crippen molar-refractivity contribution in [2.75, 3.05) is 0 Å². The second kappa shape index (κ2) is 20.4. The van der Waals surface area contributed by atoms with E-state index >= 15 is 0 Å². The van der Waals surface area contributed by atoms with Gasteiger partial charge in [-0.15, -0.1) is 0 Å². The van der Waals surface area contributed by atoms with E-state index in [1.54, 1.807) is 36.4 Å². The van der Waals surface area contributed by atoms with E-state index < -0.39 is 18.2 Å². The Morgan fingerprint density at radius 2 is 1.42 bits per heavy atom. The molecule has 7 heteroatoms. The van der Waals surface area contributed by atoms with Gasteiger partial charge in [0.1, 0.15) is 17.3 Å². The number of aliphatic hydroxyl groups is 2. The average molecular weight is 621 g/mol. The molecule has 0 saturated heterocycles. The maximum Gasteiger partial charge on any atom is 0.303 e. The predicted molar refractivity (Wildman–Crippen MR) is 181 cm³/mol.